The van der Waals surface area contributed by atoms with Crippen molar-refractivity contribution in [2.24, 2.45) is 11.8 Å². The summed E-state index contributed by atoms with van der Waals surface area (Å²) in [5, 5.41) is 10.8. The van der Waals surface area contributed by atoms with Gasteiger partial charge in [-0.05, 0) is 42.7 Å². The first-order valence-corrected chi connectivity index (χ1v) is 9.81. The number of fused-ring (bicyclic) bond motifs is 5. The Kier molecular flexibility index (Phi) is 4.84. The van der Waals surface area contributed by atoms with Crippen molar-refractivity contribution in [2.45, 2.75) is 38.6 Å². The van der Waals surface area contributed by atoms with Crippen LogP contribution in [0.4, 0.5) is 0 Å². The zero-order chi connectivity index (χ0) is 18.3. The quantitative estimate of drug-likeness (QED) is 0.859. The molecule has 1 aromatic carbocycles. The molecule has 2 N–H and O–H groups in total. The van der Waals surface area contributed by atoms with Crippen LogP contribution < -0.4 is 9.47 Å². The molecule has 3 heterocycles. The minimum absolute atomic E-state index is 0.293. The van der Waals surface area contributed by atoms with Crippen LogP contribution >= 0.6 is 0 Å². The molecule has 0 spiro atoms. The van der Waals surface area contributed by atoms with E-state index in [2.05, 4.69) is 28.9 Å². The molecule has 1 aromatic heterocycles. The van der Waals surface area contributed by atoms with Gasteiger partial charge in [-0.2, -0.15) is 0 Å². The smallest absolute Gasteiger partial charge is 0.162 e. The average molecular weight is 358 g/mol. The molecule has 0 aliphatic carbocycles. The van der Waals surface area contributed by atoms with Gasteiger partial charge in [-0.15, -0.1) is 0 Å². The summed E-state index contributed by atoms with van der Waals surface area (Å²) in [5.41, 5.74) is 3.92. The predicted octanol–water partition coefficient (Wildman–Crippen LogP) is 3.51. The van der Waals surface area contributed by atoms with E-state index in [1.165, 1.54) is 23.1 Å². The molecule has 26 heavy (non-hydrogen) atoms. The van der Waals surface area contributed by atoms with Gasteiger partial charge in [0.25, 0.3) is 0 Å². The SMILES string of the molecule is CC[C@@H]1CN2CCc3c([nH]c4cc(OC)c(OC)cc34)[C@H]2C[C@H]1CCO. The van der Waals surface area contributed by atoms with E-state index in [0.29, 0.717) is 24.5 Å². The Balaban J connectivity index is 1.74. The van der Waals surface area contributed by atoms with Gasteiger partial charge in [0.05, 0.1) is 20.3 Å². The van der Waals surface area contributed by atoms with E-state index < -0.39 is 0 Å². The van der Waals surface area contributed by atoms with Crippen LogP contribution in [0, 0.1) is 11.8 Å². The molecule has 0 saturated carbocycles. The van der Waals surface area contributed by atoms with Crippen LogP contribution in [-0.2, 0) is 6.42 Å². The minimum atomic E-state index is 0.293. The van der Waals surface area contributed by atoms with Crippen LogP contribution in [0.1, 0.15) is 43.5 Å². The van der Waals surface area contributed by atoms with Crippen LogP contribution in [-0.4, -0.2) is 48.9 Å². The number of rotatable bonds is 5. The molecular formula is C21H30N2O3. The first-order chi connectivity index (χ1) is 12.7. The Bertz CT molecular complexity index is 785. The van der Waals surface area contributed by atoms with Crippen LogP contribution in [0.25, 0.3) is 10.9 Å². The highest BCUT2D eigenvalue weighted by atomic mass is 16.5. The predicted molar refractivity (Wildman–Crippen MR) is 103 cm³/mol. The lowest BCUT2D eigenvalue weighted by atomic mass is 9.76. The number of benzene rings is 1. The lowest BCUT2D eigenvalue weighted by Crippen LogP contribution is -2.46. The summed E-state index contributed by atoms with van der Waals surface area (Å²) >= 11 is 0. The topological polar surface area (TPSA) is 57.7 Å². The van der Waals surface area contributed by atoms with Gasteiger partial charge < -0.3 is 19.6 Å². The molecule has 2 aliphatic heterocycles. The average Bonchev–Trinajstić information content (AvgIpc) is 3.04. The molecule has 4 rings (SSSR count). The number of ether oxygens (including phenoxy) is 2. The Hall–Kier alpha value is -1.72. The van der Waals surface area contributed by atoms with E-state index in [9.17, 15) is 5.11 Å². The molecule has 142 valence electrons. The highest BCUT2D eigenvalue weighted by Gasteiger charge is 2.39. The molecule has 1 saturated heterocycles. The summed E-state index contributed by atoms with van der Waals surface area (Å²) in [5.74, 6) is 2.86. The number of aromatic nitrogens is 1. The summed E-state index contributed by atoms with van der Waals surface area (Å²) in [6.45, 7) is 4.84. The van der Waals surface area contributed by atoms with E-state index in [1.54, 1.807) is 14.2 Å². The minimum Gasteiger partial charge on any atom is -0.493 e. The maximum Gasteiger partial charge on any atom is 0.162 e. The third kappa shape index (κ3) is 2.78. The molecule has 0 unspecified atom stereocenters. The largest absolute Gasteiger partial charge is 0.493 e. The summed E-state index contributed by atoms with van der Waals surface area (Å²) in [4.78, 5) is 6.34. The van der Waals surface area contributed by atoms with Crippen molar-refractivity contribution >= 4 is 10.9 Å². The van der Waals surface area contributed by atoms with Crippen LogP contribution in [0.2, 0.25) is 0 Å². The van der Waals surface area contributed by atoms with E-state index in [1.807, 2.05) is 0 Å². The Morgan fingerprint density at radius 1 is 1.19 bits per heavy atom. The molecule has 2 aromatic rings. The molecule has 0 bridgehead atoms. The van der Waals surface area contributed by atoms with Crippen LogP contribution in [0.3, 0.4) is 0 Å². The van der Waals surface area contributed by atoms with E-state index in [-0.39, 0.29) is 0 Å². The number of aliphatic hydroxyl groups is 1. The molecule has 2 aliphatic rings. The number of H-pyrrole nitrogens is 1. The number of hydrogen-bond donors (Lipinski definition) is 2. The molecule has 5 nitrogen and oxygen atoms in total. The second-order valence-corrected chi connectivity index (χ2v) is 7.71. The number of hydrogen-bond acceptors (Lipinski definition) is 4. The summed E-state index contributed by atoms with van der Waals surface area (Å²) in [6.07, 6.45) is 4.32. The van der Waals surface area contributed by atoms with Gasteiger partial charge in [-0.3, -0.25) is 4.90 Å². The zero-order valence-electron chi connectivity index (χ0n) is 16.0. The number of aromatic amines is 1. The van der Waals surface area contributed by atoms with Gasteiger partial charge in [0.1, 0.15) is 0 Å². The Labute approximate surface area is 155 Å². The van der Waals surface area contributed by atoms with E-state index in [4.69, 9.17) is 9.47 Å². The van der Waals surface area contributed by atoms with E-state index in [0.717, 1.165) is 49.4 Å². The van der Waals surface area contributed by atoms with Gasteiger partial charge in [0.2, 0.25) is 0 Å². The number of aliphatic hydroxyl groups excluding tert-OH is 1. The highest BCUT2D eigenvalue weighted by molar-refractivity contribution is 5.88. The molecule has 0 radical (unpaired) electrons. The third-order valence-corrected chi connectivity index (χ3v) is 6.55. The molecular weight excluding hydrogens is 328 g/mol. The molecule has 5 heteroatoms. The fourth-order valence-corrected chi connectivity index (χ4v) is 5.14. The first kappa shape index (κ1) is 17.7. The lowest BCUT2D eigenvalue weighted by molar-refractivity contribution is 0.0396. The number of nitrogens with zero attached hydrogens (tertiary/aromatic N) is 1. The third-order valence-electron chi connectivity index (χ3n) is 6.55. The number of nitrogens with one attached hydrogen (secondary N) is 1. The summed E-state index contributed by atoms with van der Waals surface area (Å²) in [6, 6.07) is 4.60. The summed E-state index contributed by atoms with van der Waals surface area (Å²) < 4.78 is 11.0. The second-order valence-electron chi connectivity index (χ2n) is 7.71. The normalized spacial score (nSPS) is 25.8. The van der Waals surface area contributed by atoms with Crippen molar-refractivity contribution in [3.8, 4) is 11.5 Å². The zero-order valence-corrected chi connectivity index (χ0v) is 16.0. The van der Waals surface area contributed by atoms with Crippen molar-refractivity contribution in [1.82, 2.24) is 9.88 Å². The molecule has 0 amide bonds. The van der Waals surface area contributed by atoms with Gasteiger partial charge in [0.15, 0.2) is 11.5 Å². The monoisotopic (exact) mass is 358 g/mol. The van der Waals surface area contributed by atoms with Crippen LogP contribution in [0.15, 0.2) is 12.1 Å². The lowest BCUT2D eigenvalue weighted by Gasteiger charge is -2.46. The van der Waals surface area contributed by atoms with Crippen molar-refractivity contribution < 1.29 is 14.6 Å². The van der Waals surface area contributed by atoms with Gasteiger partial charge >= 0.3 is 0 Å². The van der Waals surface area contributed by atoms with Gasteiger partial charge in [-0.25, -0.2) is 0 Å². The fourth-order valence-electron chi connectivity index (χ4n) is 5.14. The van der Waals surface area contributed by atoms with E-state index >= 15 is 0 Å². The summed E-state index contributed by atoms with van der Waals surface area (Å²) in [7, 11) is 3.37. The number of methoxy groups -OCH3 is 2. The van der Waals surface area contributed by atoms with Crippen molar-refractivity contribution in [2.75, 3.05) is 33.9 Å². The standard InChI is InChI=1S/C21H30N2O3/c1-4-13-12-23-7-5-15-16-10-19(25-2)20(26-3)11-17(16)22-21(15)18(23)9-14(13)6-8-24/h10-11,13-14,18,22,24H,4-9,12H2,1-3H3/t13-,14-,18-/m1/s1. The highest BCUT2D eigenvalue weighted by Crippen LogP contribution is 2.45. The van der Waals surface area contributed by atoms with Crippen LogP contribution in [0.5, 0.6) is 11.5 Å². The van der Waals surface area contributed by atoms with Crippen molar-refractivity contribution in [1.29, 1.82) is 0 Å². The second kappa shape index (κ2) is 7.12. The fraction of sp³-hybridized carbons (Fsp3) is 0.619. The Morgan fingerprint density at radius 2 is 1.96 bits per heavy atom. The Morgan fingerprint density at radius 3 is 2.65 bits per heavy atom. The van der Waals surface area contributed by atoms with Crippen molar-refractivity contribution in [3.05, 3.63) is 23.4 Å². The molecule has 1 fully saturated rings. The maximum atomic E-state index is 9.50. The van der Waals surface area contributed by atoms with Crippen molar-refractivity contribution in [3.63, 3.8) is 0 Å². The van der Waals surface area contributed by atoms with Gasteiger partial charge in [-0.1, -0.05) is 13.3 Å². The first-order valence-electron chi connectivity index (χ1n) is 9.81. The molecule has 3 atom stereocenters. The number of piperidine rings is 1. The van der Waals surface area contributed by atoms with Gasteiger partial charge in [0, 0.05) is 42.4 Å². The maximum absolute atomic E-state index is 9.50.